The molecule has 2 rings (SSSR count). The summed E-state index contributed by atoms with van der Waals surface area (Å²) in [6, 6.07) is 12.3. The number of amides is 1. The van der Waals surface area contributed by atoms with Crippen LogP contribution in [0, 0.1) is 10.5 Å². The van der Waals surface area contributed by atoms with E-state index in [1.54, 1.807) is 0 Å². The number of aryl methyl sites for hydroxylation is 1. The fourth-order valence-corrected chi connectivity index (χ4v) is 3.21. The lowest BCUT2D eigenvalue weighted by molar-refractivity contribution is 0.102. The van der Waals surface area contributed by atoms with Gasteiger partial charge in [0.05, 0.1) is 0 Å². The van der Waals surface area contributed by atoms with Gasteiger partial charge in [0.1, 0.15) is 0 Å². The van der Waals surface area contributed by atoms with E-state index in [1.165, 1.54) is 11.1 Å². The summed E-state index contributed by atoms with van der Waals surface area (Å²) in [4.78, 5) is 12.8. The largest absolute Gasteiger partial charge is 0.322 e. The first-order chi connectivity index (χ1) is 11.4. The van der Waals surface area contributed by atoms with Crippen LogP contribution in [0.15, 0.2) is 36.4 Å². The van der Waals surface area contributed by atoms with Gasteiger partial charge in [0.2, 0.25) is 0 Å². The second kappa shape index (κ2) is 7.10. The summed E-state index contributed by atoms with van der Waals surface area (Å²) in [5.41, 5.74) is 5.14. The van der Waals surface area contributed by atoms with Crippen LogP contribution in [0.25, 0.3) is 0 Å². The Balaban J connectivity index is 2.45. The minimum absolute atomic E-state index is 0.0368. The third-order valence-electron chi connectivity index (χ3n) is 4.38. The van der Waals surface area contributed by atoms with E-state index in [0.717, 1.165) is 14.8 Å². The molecular formula is C22H28INO. The van der Waals surface area contributed by atoms with Crippen molar-refractivity contribution in [1.29, 1.82) is 0 Å². The van der Waals surface area contributed by atoms with Gasteiger partial charge in [-0.2, -0.15) is 0 Å². The summed E-state index contributed by atoms with van der Waals surface area (Å²) < 4.78 is 1.10. The molecule has 0 aliphatic carbocycles. The van der Waals surface area contributed by atoms with Crippen LogP contribution >= 0.6 is 22.6 Å². The lowest BCUT2D eigenvalue weighted by Crippen LogP contribution is -2.20. The van der Waals surface area contributed by atoms with Crippen LogP contribution in [-0.4, -0.2) is 5.91 Å². The van der Waals surface area contributed by atoms with Crippen molar-refractivity contribution in [2.24, 2.45) is 0 Å². The van der Waals surface area contributed by atoms with Crippen molar-refractivity contribution in [3.8, 4) is 0 Å². The van der Waals surface area contributed by atoms with Crippen LogP contribution < -0.4 is 5.32 Å². The van der Waals surface area contributed by atoms with E-state index in [-0.39, 0.29) is 16.7 Å². The van der Waals surface area contributed by atoms with Gasteiger partial charge in [-0.05, 0) is 75.2 Å². The van der Waals surface area contributed by atoms with Crippen LogP contribution in [0.1, 0.15) is 68.6 Å². The molecule has 0 heterocycles. The second-order valence-corrected chi connectivity index (χ2v) is 9.84. The first-order valence-electron chi connectivity index (χ1n) is 8.62. The molecule has 0 atom stereocenters. The maximum absolute atomic E-state index is 12.8. The maximum atomic E-state index is 12.8. The minimum Gasteiger partial charge on any atom is -0.322 e. The van der Waals surface area contributed by atoms with E-state index in [9.17, 15) is 4.79 Å². The van der Waals surface area contributed by atoms with Gasteiger partial charge in [0.15, 0.2) is 0 Å². The summed E-state index contributed by atoms with van der Waals surface area (Å²) >= 11 is 2.27. The average Bonchev–Trinajstić information content (AvgIpc) is 2.47. The number of hydrogen-bond acceptors (Lipinski definition) is 1. The zero-order valence-electron chi connectivity index (χ0n) is 16.3. The highest BCUT2D eigenvalue weighted by Crippen LogP contribution is 2.34. The Hall–Kier alpha value is -1.36. The van der Waals surface area contributed by atoms with E-state index < -0.39 is 0 Å². The van der Waals surface area contributed by atoms with Crippen LogP contribution in [0.3, 0.4) is 0 Å². The summed E-state index contributed by atoms with van der Waals surface area (Å²) in [6.45, 7) is 15.1. The topological polar surface area (TPSA) is 29.1 Å². The first kappa shape index (κ1) is 20.0. The van der Waals surface area contributed by atoms with Crippen molar-refractivity contribution >= 4 is 34.2 Å². The average molecular weight is 449 g/mol. The van der Waals surface area contributed by atoms with Crippen molar-refractivity contribution < 1.29 is 4.79 Å². The number of anilines is 1. The Labute approximate surface area is 165 Å². The van der Waals surface area contributed by atoms with Gasteiger partial charge in [-0.3, -0.25) is 4.79 Å². The number of carbonyl (C=O) groups excluding carboxylic acids is 1. The SMILES string of the molecule is Cc1ccc(C(=O)Nc2cc(C(C)(C)C)ccc2C(C)(C)C)cc1I. The normalized spacial score (nSPS) is 12.2. The molecule has 0 saturated heterocycles. The second-order valence-electron chi connectivity index (χ2n) is 8.68. The van der Waals surface area contributed by atoms with Gasteiger partial charge in [-0.1, -0.05) is 59.7 Å². The van der Waals surface area contributed by atoms with Gasteiger partial charge in [0, 0.05) is 14.8 Å². The molecule has 0 aromatic heterocycles. The molecule has 3 heteroatoms. The van der Waals surface area contributed by atoms with Gasteiger partial charge in [0.25, 0.3) is 5.91 Å². The molecule has 0 fully saturated rings. The summed E-state index contributed by atoms with van der Waals surface area (Å²) in [7, 11) is 0. The van der Waals surface area contributed by atoms with Crippen LogP contribution in [0.2, 0.25) is 0 Å². The Bertz CT molecular complexity index is 795. The van der Waals surface area contributed by atoms with Crippen LogP contribution in [0.5, 0.6) is 0 Å². The smallest absolute Gasteiger partial charge is 0.255 e. The molecule has 25 heavy (non-hydrogen) atoms. The lowest BCUT2D eigenvalue weighted by Gasteiger charge is -2.27. The third-order valence-corrected chi connectivity index (χ3v) is 5.54. The van der Waals surface area contributed by atoms with Crippen LogP contribution in [-0.2, 0) is 10.8 Å². The fourth-order valence-electron chi connectivity index (χ4n) is 2.70. The molecule has 1 N–H and O–H groups in total. The highest BCUT2D eigenvalue weighted by Gasteiger charge is 2.22. The van der Waals surface area contributed by atoms with Crippen molar-refractivity contribution in [1.82, 2.24) is 0 Å². The molecule has 134 valence electrons. The molecule has 0 aliphatic rings. The molecule has 1 amide bonds. The van der Waals surface area contributed by atoms with Crippen molar-refractivity contribution in [2.45, 2.75) is 59.3 Å². The number of nitrogens with one attached hydrogen (secondary N) is 1. The van der Waals surface area contributed by atoms with Gasteiger partial charge < -0.3 is 5.32 Å². The Morgan fingerprint density at radius 1 is 0.920 bits per heavy atom. The van der Waals surface area contributed by atoms with Crippen molar-refractivity contribution in [3.63, 3.8) is 0 Å². The molecular weight excluding hydrogens is 421 g/mol. The van der Waals surface area contributed by atoms with E-state index in [1.807, 2.05) is 25.1 Å². The monoisotopic (exact) mass is 449 g/mol. The number of benzene rings is 2. The summed E-state index contributed by atoms with van der Waals surface area (Å²) in [6.07, 6.45) is 0. The predicted octanol–water partition coefficient (Wildman–Crippen LogP) is 6.45. The molecule has 2 aromatic carbocycles. The first-order valence-corrected chi connectivity index (χ1v) is 9.70. The van der Waals surface area contributed by atoms with Crippen LogP contribution in [0.4, 0.5) is 5.69 Å². The van der Waals surface area contributed by atoms with Crippen molar-refractivity contribution in [2.75, 3.05) is 5.32 Å². The van der Waals surface area contributed by atoms with Gasteiger partial charge >= 0.3 is 0 Å². The third kappa shape index (κ3) is 4.84. The number of rotatable bonds is 2. The number of carbonyl (C=O) groups is 1. The molecule has 2 aromatic rings. The molecule has 0 saturated carbocycles. The number of halogens is 1. The predicted molar refractivity (Wildman–Crippen MR) is 116 cm³/mol. The lowest BCUT2D eigenvalue weighted by atomic mass is 9.81. The molecule has 0 aliphatic heterocycles. The fraction of sp³-hybridized carbons (Fsp3) is 0.409. The highest BCUT2D eigenvalue weighted by atomic mass is 127. The zero-order valence-corrected chi connectivity index (χ0v) is 18.4. The number of hydrogen-bond donors (Lipinski definition) is 1. The molecule has 0 unspecified atom stereocenters. The van der Waals surface area contributed by atoms with E-state index in [2.05, 4.69) is 87.6 Å². The summed E-state index contributed by atoms with van der Waals surface area (Å²) in [5, 5.41) is 3.15. The molecule has 0 radical (unpaired) electrons. The molecule has 0 bridgehead atoms. The van der Waals surface area contributed by atoms with E-state index in [0.29, 0.717) is 5.56 Å². The maximum Gasteiger partial charge on any atom is 0.255 e. The van der Waals surface area contributed by atoms with E-state index >= 15 is 0 Å². The minimum atomic E-state index is -0.0607. The Kier molecular flexibility index (Phi) is 5.67. The zero-order chi connectivity index (χ0) is 19.0. The van der Waals surface area contributed by atoms with Crippen molar-refractivity contribution in [3.05, 3.63) is 62.2 Å². The van der Waals surface area contributed by atoms with E-state index in [4.69, 9.17) is 0 Å². The van der Waals surface area contributed by atoms with Gasteiger partial charge in [-0.25, -0.2) is 0 Å². The van der Waals surface area contributed by atoms with Gasteiger partial charge in [-0.15, -0.1) is 0 Å². The Morgan fingerprint density at radius 3 is 2.08 bits per heavy atom. The quantitative estimate of drug-likeness (QED) is 0.525. The Morgan fingerprint density at radius 2 is 1.56 bits per heavy atom. The highest BCUT2D eigenvalue weighted by molar-refractivity contribution is 14.1. The molecule has 2 nitrogen and oxygen atoms in total. The molecule has 0 spiro atoms. The standard InChI is InChI=1S/C22H28INO/c1-14-8-9-15(12-18(14)23)20(25)24-19-13-16(21(2,3)4)10-11-17(19)22(5,6)7/h8-13H,1-7H3,(H,24,25). The summed E-state index contributed by atoms with van der Waals surface area (Å²) in [5.74, 6) is -0.0607.